The van der Waals surface area contributed by atoms with Gasteiger partial charge in [0.05, 0.1) is 0 Å². The highest BCUT2D eigenvalue weighted by Gasteiger charge is 2.91. The van der Waals surface area contributed by atoms with Crippen LogP contribution in [0.2, 0.25) is 0 Å². The molecule has 21 heavy (non-hydrogen) atoms. The molecule has 0 aromatic carbocycles. The molecule has 0 saturated heterocycles. The Labute approximate surface area is 135 Å². The van der Waals surface area contributed by atoms with E-state index in [0.717, 1.165) is 30.6 Å². The molecule has 4 saturated carbocycles. The molecule has 0 aromatic heterocycles. The van der Waals surface area contributed by atoms with Crippen molar-refractivity contribution in [3.05, 3.63) is 0 Å². The summed E-state index contributed by atoms with van der Waals surface area (Å²) >= 11 is 4.82. The third-order valence-corrected chi connectivity index (χ3v) is 9.57. The van der Waals surface area contributed by atoms with Crippen molar-refractivity contribution in [3.63, 3.8) is 0 Å². The fourth-order valence-electron chi connectivity index (χ4n) is 8.33. The van der Waals surface area contributed by atoms with Gasteiger partial charge in [-0.05, 0) is 60.2 Å². The summed E-state index contributed by atoms with van der Waals surface area (Å²) in [5.41, 5.74) is 14.4. The van der Waals surface area contributed by atoms with Gasteiger partial charge in [-0.3, -0.25) is 0 Å². The smallest absolute Gasteiger partial charge is 0.0374 e. The number of hydrogen-bond acceptors (Lipinski definition) is 3. The van der Waals surface area contributed by atoms with E-state index < -0.39 is 0 Å². The topological polar surface area (TPSA) is 52.0 Å². The van der Waals surface area contributed by atoms with Crippen LogP contribution in [0.25, 0.3) is 0 Å². The van der Waals surface area contributed by atoms with Crippen molar-refractivity contribution in [1.29, 1.82) is 0 Å². The van der Waals surface area contributed by atoms with E-state index in [1.54, 1.807) is 0 Å². The maximum absolute atomic E-state index is 7.03. The summed E-state index contributed by atoms with van der Waals surface area (Å²) in [6, 6.07) is 0. The molecule has 3 heteroatoms. The molecule has 10 unspecified atom stereocenters. The SMILES string of the molecule is CCC1C2(C)C3CC(C)(N)C4(N)CC1(C(C)C(C)S)C2C34. The molecule has 0 heterocycles. The summed E-state index contributed by atoms with van der Waals surface area (Å²) in [5.74, 6) is 3.70. The van der Waals surface area contributed by atoms with Crippen molar-refractivity contribution in [2.75, 3.05) is 0 Å². The fraction of sp³-hybridized carbons (Fsp3) is 1.00. The van der Waals surface area contributed by atoms with Crippen molar-refractivity contribution in [2.24, 2.45) is 51.9 Å². The second-order valence-electron chi connectivity index (χ2n) is 9.42. The molecule has 4 aliphatic carbocycles. The third-order valence-electron chi connectivity index (χ3n) is 9.12. The Morgan fingerprint density at radius 1 is 1.24 bits per heavy atom. The van der Waals surface area contributed by atoms with Gasteiger partial charge < -0.3 is 11.5 Å². The lowest BCUT2D eigenvalue weighted by molar-refractivity contribution is -0.316. The molecule has 0 spiro atoms. The van der Waals surface area contributed by atoms with Gasteiger partial charge in [0.25, 0.3) is 0 Å². The van der Waals surface area contributed by atoms with Crippen LogP contribution in [-0.2, 0) is 0 Å². The number of rotatable bonds is 3. The van der Waals surface area contributed by atoms with E-state index in [2.05, 4.69) is 34.6 Å². The Kier molecular flexibility index (Phi) is 2.59. The highest BCUT2D eigenvalue weighted by atomic mass is 32.1. The Morgan fingerprint density at radius 3 is 2.38 bits per heavy atom. The first kappa shape index (κ1) is 14.8. The number of thiol groups is 1. The molecule has 120 valence electrons. The van der Waals surface area contributed by atoms with E-state index in [-0.39, 0.29) is 11.1 Å². The number of nitrogens with two attached hydrogens (primary N) is 2. The fourth-order valence-corrected chi connectivity index (χ4v) is 8.60. The molecule has 4 N–H and O–H groups in total. The van der Waals surface area contributed by atoms with Crippen LogP contribution in [0.1, 0.15) is 53.9 Å². The van der Waals surface area contributed by atoms with E-state index in [4.69, 9.17) is 24.1 Å². The summed E-state index contributed by atoms with van der Waals surface area (Å²) in [5, 5.41) is 0.439. The van der Waals surface area contributed by atoms with Gasteiger partial charge in [0.1, 0.15) is 0 Å². The highest BCUT2D eigenvalue weighted by molar-refractivity contribution is 7.80. The second kappa shape index (κ2) is 3.67. The van der Waals surface area contributed by atoms with Crippen molar-refractivity contribution < 1.29 is 0 Å². The van der Waals surface area contributed by atoms with Crippen LogP contribution in [0.3, 0.4) is 0 Å². The summed E-state index contributed by atoms with van der Waals surface area (Å²) < 4.78 is 0. The van der Waals surface area contributed by atoms with Crippen LogP contribution in [0.15, 0.2) is 0 Å². The van der Waals surface area contributed by atoms with E-state index in [1.165, 1.54) is 6.42 Å². The quantitative estimate of drug-likeness (QED) is 0.702. The summed E-state index contributed by atoms with van der Waals surface area (Å²) in [6.45, 7) is 11.8. The average Bonchev–Trinajstić information content (AvgIpc) is 2.69. The van der Waals surface area contributed by atoms with Gasteiger partial charge in [0.2, 0.25) is 0 Å². The zero-order valence-corrected chi connectivity index (χ0v) is 15.1. The Balaban J connectivity index is 1.85. The molecule has 4 rings (SSSR count). The van der Waals surface area contributed by atoms with Crippen molar-refractivity contribution >= 4 is 12.6 Å². The minimum atomic E-state index is -0.182. The van der Waals surface area contributed by atoms with Gasteiger partial charge >= 0.3 is 0 Å². The Morgan fingerprint density at radius 2 is 1.86 bits per heavy atom. The first-order valence-electron chi connectivity index (χ1n) is 8.85. The standard InChI is InChI=1S/C18H32N2S/c1-6-12-16(5)11-7-15(4,19)18(20)8-17(12,9(2)10(3)21)14(16)13(11)18/h9-14,21H,6-8,19-20H2,1-5H3. The minimum Gasteiger partial charge on any atom is -0.324 e. The number of hydrogen-bond donors (Lipinski definition) is 3. The van der Waals surface area contributed by atoms with Gasteiger partial charge in [0, 0.05) is 16.3 Å². The summed E-state index contributed by atoms with van der Waals surface area (Å²) in [7, 11) is 0. The van der Waals surface area contributed by atoms with E-state index in [9.17, 15) is 0 Å². The maximum Gasteiger partial charge on any atom is 0.0374 e. The van der Waals surface area contributed by atoms with Crippen LogP contribution < -0.4 is 11.5 Å². The summed E-state index contributed by atoms with van der Waals surface area (Å²) in [6.07, 6.45) is 3.57. The zero-order chi connectivity index (χ0) is 15.6. The van der Waals surface area contributed by atoms with Gasteiger partial charge in [-0.2, -0.15) is 12.6 Å². The maximum atomic E-state index is 7.03. The summed E-state index contributed by atoms with van der Waals surface area (Å²) in [4.78, 5) is 0. The third kappa shape index (κ3) is 1.16. The predicted octanol–water partition coefficient (Wildman–Crippen LogP) is 3.06. The Bertz CT molecular complexity index is 503. The van der Waals surface area contributed by atoms with Crippen LogP contribution in [-0.4, -0.2) is 16.3 Å². The normalized spacial score (nSPS) is 66.3. The van der Waals surface area contributed by atoms with Crippen LogP contribution in [0.4, 0.5) is 0 Å². The minimum absolute atomic E-state index is 0.136. The van der Waals surface area contributed by atoms with Gasteiger partial charge in [-0.15, -0.1) is 0 Å². The zero-order valence-electron chi connectivity index (χ0n) is 14.2. The molecule has 0 radical (unpaired) electrons. The lowest BCUT2D eigenvalue weighted by atomic mass is 9.25. The molecule has 0 bridgehead atoms. The largest absolute Gasteiger partial charge is 0.324 e. The lowest BCUT2D eigenvalue weighted by Gasteiger charge is -2.79. The van der Waals surface area contributed by atoms with Crippen LogP contribution >= 0.6 is 12.6 Å². The van der Waals surface area contributed by atoms with Crippen molar-refractivity contribution in [2.45, 2.75) is 70.2 Å². The molecule has 0 amide bonds. The Hall–Kier alpha value is 0.270. The van der Waals surface area contributed by atoms with Gasteiger partial charge in [0.15, 0.2) is 0 Å². The monoisotopic (exact) mass is 308 g/mol. The molecule has 10 atom stereocenters. The first-order chi connectivity index (χ1) is 9.59. The molecule has 4 aliphatic rings. The lowest BCUT2D eigenvalue weighted by Crippen LogP contribution is -2.75. The molecule has 2 nitrogen and oxygen atoms in total. The van der Waals surface area contributed by atoms with Gasteiger partial charge in [-0.1, -0.05) is 34.1 Å². The molecule has 4 fully saturated rings. The van der Waals surface area contributed by atoms with E-state index in [1.807, 2.05) is 0 Å². The highest BCUT2D eigenvalue weighted by Crippen LogP contribution is 2.91. The molecule has 0 aliphatic heterocycles. The molecular formula is C18H32N2S. The molecule has 0 aromatic rings. The number of fused-ring (bicyclic) bond motifs is 1. The van der Waals surface area contributed by atoms with Crippen LogP contribution in [0.5, 0.6) is 0 Å². The van der Waals surface area contributed by atoms with E-state index >= 15 is 0 Å². The predicted molar refractivity (Wildman–Crippen MR) is 91.1 cm³/mol. The first-order valence-corrected chi connectivity index (χ1v) is 9.36. The van der Waals surface area contributed by atoms with E-state index in [0.29, 0.717) is 27.9 Å². The molecular weight excluding hydrogens is 276 g/mol. The van der Waals surface area contributed by atoms with Gasteiger partial charge in [-0.25, -0.2) is 0 Å². The van der Waals surface area contributed by atoms with Crippen molar-refractivity contribution in [1.82, 2.24) is 0 Å². The van der Waals surface area contributed by atoms with Crippen LogP contribution in [0, 0.1) is 40.4 Å². The average molecular weight is 309 g/mol. The van der Waals surface area contributed by atoms with Crippen molar-refractivity contribution in [3.8, 4) is 0 Å². The second-order valence-corrected chi connectivity index (χ2v) is 10.2.